The first-order valence-electron chi connectivity index (χ1n) is 6.24. The number of rotatable bonds is 0. The largest absolute Gasteiger partial charge is 0.0610 e. The molecule has 0 nitrogen and oxygen atoms in total. The molecule has 0 unspecified atom stereocenters. The summed E-state index contributed by atoms with van der Waals surface area (Å²) in [6, 6.07) is 11.9. The molecule has 0 amide bonds. The minimum Gasteiger partial charge on any atom is -0.0610 e. The zero-order valence-corrected chi connectivity index (χ0v) is 7.96. The van der Waals surface area contributed by atoms with Crippen molar-refractivity contribution in [2.45, 2.75) is 13.8 Å². The Labute approximate surface area is 88.1 Å². The van der Waals surface area contributed by atoms with Gasteiger partial charge in [0.25, 0.3) is 0 Å². The molecule has 1 aliphatic carbocycles. The predicted octanol–water partition coefficient (Wildman–Crippen LogP) is 4.10. The van der Waals surface area contributed by atoms with Crippen LogP contribution in [0.2, 0.25) is 0 Å². The Balaban J connectivity index is 2.45. The van der Waals surface area contributed by atoms with E-state index in [9.17, 15) is 0 Å². The van der Waals surface area contributed by atoms with Crippen LogP contribution in [0.15, 0.2) is 36.4 Å². The first kappa shape index (κ1) is 5.35. The van der Waals surface area contributed by atoms with Gasteiger partial charge in [-0.25, -0.2) is 0 Å². The second-order valence-electron chi connectivity index (χ2n) is 3.71. The summed E-state index contributed by atoms with van der Waals surface area (Å²) >= 11 is 0. The fourth-order valence-electron chi connectivity index (χ4n) is 2.20. The van der Waals surface area contributed by atoms with Gasteiger partial charge in [-0.3, -0.25) is 0 Å². The lowest BCUT2D eigenvalue weighted by Crippen LogP contribution is -1.78. The van der Waals surface area contributed by atoms with E-state index in [1.54, 1.807) is 0 Å². The number of hydrogen-bond donors (Lipinski definition) is 0. The predicted molar refractivity (Wildman–Crippen MR) is 62.1 cm³/mol. The molecule has 1 aliphatic rings. The van der Waals surface area contributed by atoms with Crippen molar-refractivity contribution in [3.8, 4) is 0 Å². The lowest BCUT2D eigenvalue weighted by atomic mass is 10.0. The SMILES string of the molecule is [2H]C([2H])([2H])C1=C(C)c2cccc3cccc1c23. The molecule has 0 saturated heterocycles. The fourth-order valence-corrected chi connectivity index (χ4v) is 2.20. The highest BCUT2D eigenvalue weighted by molar-refractivity contribution is 6.12. The lowest BCUT2D eigenvalue weighted by Gasteiger charge is -2.01. The molecule has 0 bridgehead atoms. The molecule has 2 aromatic rings. The minimum atomic E-state index is -2.04. The normalized spacial score (nSPS) is 18.2. The molecule has 0 aliphatic heterocycles. The number of allylic oxidation sites excluding steroid dienone is 2. The first-order valence-corrected chi connectivity index (χ1v) is 4.74. The van der Waals surface area contributed by atoms with Crippen LogP contribution in [0.3, 0.4) is 0 Å². The van der Waals surface area contributed by atoms with Gasteiger partial charge in [-0.15, -0.1) is 0 Å². The maximum absolute atomic E-state index is 7.67. The van der Waals surface area contributed by atoms with Gasteiger partial charge in [0.05, 0.1) is 0 Å². The van der Waals surface area contributed by atoms with Crippen LogP contribution >= 0.6 is 0 Å². The Morgan fingerprint density at radius 3 is 2.21 bits per heavy atom. The molecule has 0 saturated carbocycles. The monoisotopic (exact) mass is 183 g/mol. The van der Waals surface area contributed by atoms with Crippen molar-refractivity contribution in [1.29, 1.82) is 0 Å². The summed E-state index contributed by atoms with van der Waals surface area (Å²) in [5.74, 6) is 0. The van der Waals surface area contributed by atoms with E-state index in [0.29, 0.717) is 5.57 Å². The van der Waals surface area contributed by atoms with Gasteiger partial charge in [0.2, 0.25) is 0 Å². The van der Waals surface area contributed by atoms with E-state index in [0.717, 1.165) is 27.5 Å². The molecule has 0 fully saturated rings. The third-order valence-corrected chi connectivity index (χ3v) is 2.95. The average molecular weight is 183 g/mol. The summed E-state index contributed by atoms with van der Waals surface area (Å²) in [4.78, 5) is 0. The quantitative estimate of drug-likeness (QED) is 0.576. The van der Waals surface area contributed by atoms with Crippen LogP contribution in [0, 0.1) is 0 Å². The smallest absolute Gasteiger partial charge is 0.0280 e. The van der Waals surface area contributed by atoms with Gasteiger partial charge in [-0.05, 0) is 46.8 Å². The molecule has 0 heteroatoms. The van der Waals surface area contributed by atoms with Gasteiger partial charge >= 0.3 is 0 Å². The van der Waals surface area contributed by atoms with Crippen molar-refractivity contribution in [2.24, 2.45) is 0 Å². The summed E-state index contributed by atoms with van der Waals surface area (Å²) in [6.45, 7) is -0.145. The Morgan fingerprint density at radius 2 is 1.57 bits per heavy atom. The van der Waals surface area contributed by atoms with Crippen molar-refractivity contribution in [3.05, 3.63) is 47.5 Å². The molecule has 3 rings (SSSR count). The molecule has 0 aromatic heterocycles. The van der Waals surface area contributed by atoms with E-state index in [2.05, 4.69) is 0 Å². The maximum Gasteiger partial charge on any atom is 0.0280 e. The maximum atomic E-state index is 7.67. The van der Waals surface area contributed by atoms with Crippen molar-refractivity contribution in [2.75, 3.05) is 0 Å². The van der Waals surface area contributed by atoms with Crippen molar-refractivity contribution in [1.82, 2.24) is 0 Å². The van der Waals surface area contributed by atoms with Crippen LogP contribution in [0.5, 0.6) is 0 Å². The Kier molecular flexibility index (Phi) is 0.947. The van der Waals surface area contributed by atoms with Crippen LogP contribution < -0.4 is 0 Å². The van der Waals surface area contributed by atoms with E-state index in [1.807, 2.05) is 43.3 Å². The van der Waals surface area contributed by atoms with Crippen LogP contribution in [-0.2, 0) is 0 Å². The zero-order valence-electron chi connectivity index (χ0n) is 11.0. The summed E-state index contributed by atoms with van der Waals surface area (Å²) in [5.41, 5.74) is 3.32. The summed E-state index contributed by atoms with van der Waals surface area (Å²) in [5, 5.41) is 2.19. The fraction of sp³-hybridized carbons (Fsp3) is 0.143. The van der Waals surface area contributed by atoms with Crippen LogP contribution in [0.25, 0.3) is 21.9 Å². The van der Waals surface area contributed by atoms with Gasteiger partial charge < -0.3 is 0 Å². The number of benzene rings is 2. The van der Waals surface area contributed by atoms with Crippen molar-refractivity contribution in [3.63, 3.8) is 0 Å². The lowest BCUT2D eigenvalue weighted by molar-refractivity contribution is 1.65. The third kappa shape index (κ3) is 0.784. The molecule has 0 heterocycles. The number of hydrogen-bond acceptors (Lipinski definition) is 0. The van der Waals surface area contributed by atoms with E-state index in [-0.39, 0.29) is 0 Å². The van der Waals surface area contributed by atoms with Gasteiger partial charge in [-0.2, -0.15) is 0 Å². The Bertz CT molecular complexity index is 643. The van der Waals surface area contributed by atoms with Crippen molar-refractivity contribution < 1.29 is 4.11 Å². The van der Waals surface area contributed by atoms with Gasteiger partial charge in [0.15, 0.2) is 0 Å². The van der Waals surface area contributed by atoms with Crippen LogP contribution in [0.4, 0.5) is 0 Å². The topological polar surface area (TPSA) is 0 Å². The van der Waals surface area contributed by atoms with E-state index in [4.69, 9.17) is 4.11 Å². The summed E-state index contributed by atoms with van der Waals surface area (Å²) in [7, 11) is 0. The molecule has 14 heavy (non-hydrogen) atoms. The molecule has 68 valence electrons. The molecule has 0 spiro atoms. The molecule has 0 N–H and O–H groups in total. The van der Waals surface area contributed by atoms with E-state index < -0.39 is 6.85 Å². The first-order chi connectivity index (χ1) is 8.00. The van der Waals surface area contributed by atoms with Gasteiger partial charge in [-0.1, -0.05) is 36.4 Å². The standard InChI is InChI=1S/C14H12/c1-9-10(2)13-8-4-6-11-5-3-7-12(9)14(11)13/h3-8H,1-2H3/i1D3. The zero-order chi connectivity index (χ0) is 12.2. The van der Waals surface area contributed by atoms with Gasteiger partial charge in [0.1, 0.15) is 0 Å². The van der Waals surface area contributed by atoms with Crippen LogP contribution in [0.1, 0.15) is 29.0 Å². The molecular formula is C14H12. The molecule has 0 atom stereocenters. The molecule has 0 radical (unpaired) electrons. The average Bonchev–Trinajstić information content (AvgIpc) is 2.54. The summed E-state index contributed by atoms with van der Waals surface area (Å²) < 4.78 is 23.0. The summed E-state index contributed by atoms with van der Waals surface area (Å²) in [6.07, 6.45) is 0. The van der Waals surface area contributed by atoms with Crippen LogP contribution in [-0.4, -0.2) is 0 Å². The van der Waals surface area contributed by atoms with Gasteiger partial charge in [0, 0.05) is 4.11 Å². The molecule has 2 aromatic carbocycles. The third-order valence-electron chi connectivity index (χ3n) is 2.95. The second kappa shape index (κ2) is 2.48. The second-order valence-corrected chi connectivity index (χ2v) is 3.71. The Morgan fingerprint density at radius 1 is 0.929 bits per heavy atom. The van der Waals surface area contributed by atoms with E-state index >= 15 is 0 Å². The highest BCUT2D eigenvalue weighted by Crippen LogP contribution is 2.40. The highest BCUT2D eigenvalue weighted by Gasteiger charge is 2.17. The van der Waals surface area contributed by atoms with E-state index in [1.165, 1.54) is 0 Å². The molecular weight excluding hydrogens is 168 g/mol. The highest BCUT2D eigenvalue weighted by atomic mass is 14.2. The Hall–Kier alpha value is -1.56. The minimum absolute atomic E-state index is 0.504. The van der Waals surface area contributed by atoms with Crippen molar-refractivity contribution >= 4 is 21.9 Å².